The van der Waals surface area contributed by atoms with Gasteiger partial charge in [0.2, 0.25) is 5.43 Å². The number of nitrogens with two attached hydrogens (primary N) is 1. The fourth-order valence-corrected chi connectivity index (χ4v) is 4.12. The van der Waals surface area contributed by atoms with E-state index >= 15 is 4.39 Å². The van der Waals surface area contributed by atoms with Crippen molar-refractivity contribution in [2.45, 2.75) is 19.4 Å². The fourth-order valence-electron chi connectivity index (χ4n) is 4.12. The van der Waals surface area contributed by atoms with Crippen molar-refractivity contribution < 1.29 is 19.4 Å². The van der Waals surface area contributed by atoms with E-state index in [2.05, 4.69) is 0 Å². The van der Waals surface area contributed by atoms with E-state index in [1.807, 2.05) is 11.8 Å². The van der Waals surface area contributed by atoms with Gasteiger partial charge in [0.1, 0.15) is 5.56 Å². The highest BCUT2D eigenvalue weighted by molar-refractivity contribution is 5.99. The smallest absolute Gasteiger partial charge is 0.341 e. The van der Waals surface area contributed by atoms with E-state index in [1.54, 1.807) is 12.1 Å². The lowest BCUT2D eigenvalue weighted by Gasteiger charge is -2.34. The largest absolute Gasteiger partial charge is 0.504 e. The number of halogens is 1. The van der Waals surface area contributed by atoms with Crippen molar-refractivity contribution in [1.82, 2.24) is 4.68 Å². The Morgan fingerprint density at radius 2 is 2.07 bits per heavy atom. The number of carboxylic acids is 1. The van der Waals surface area contributed by atoms with E-state index in [-0.39, 0.29) is 23.0 Å². The molecule has 1 aromatic heterocycles. The molecule has 2 aliphatic rings. The number of carboxylic acid groups (broad SMARTS) is 1. The zero-order valence-electron chi connectivity index (χ0n) is 15.1. The third-order valence-electron chi connectivity index (χ3n) is 5.68. The summed E-state index contributed by atoms with van der Waals surface area (Å²) in [5, 5.41) is 21.3. The first-order valence-corrected chi connectivity index (χ1v) is 8.80. The van der Waals surface area contributed by atoms with Crippen molar-refractivity contribution in [3.8, 4) is 5.75 Å². The van der Waals surface area contributed by atoms with Crippen LogP contribution < -0.4 is 21.1 Å². The first-order valence-electron chi connectivity index (χ1n) is 8.80. The number of aromatic nitrogens is 1. The highest BCUT2D eigenvalue weighted by atomic mass is 19.1. The number of rotatable bonds is 2. The molecule has 144 valence electrons. The van der Waals surface area contributed by atoms with Gasteiger partial charge in [0, 0.05) is 44.5 Å². The summed E-state index contributed by atoms with van der Waals surface area (Å²) in [7, 11) is 1.74. The first-order chi connectivity index (χ1) is 12.7. The molecule has 9 heteroatoms. The van der Waals surface area contributed by atoms with E-state index in [0.717, 1.165) is 0 Å². The van der Waals surface area contributed by atoms with Crippen LogP contribution in [0.15, 0.2) is 11.0 Å². The number of hydrogen-bond donors (Lipinski definition) is 3. The van der Waals surface area contributed by atoms with Gasteiger partial charge in [-0.3, -0.25) is 9.47 Å². The van der Waals surface area contributed by atoms with Gasteiger partial charge in [-0.1, -0.05) is 6.92 Å². The Hall–Kier alpha value is -2.81. The SMILES string of the molecule is C[C@@H]1CN(c2c(F)c(O)c3c(=O)c(C(=O)O)cn4c3c2CCN4C)C[C@@H]1N. The van der Waals surface area contributed by atoms with Crippen molar-refractivity contribution in [2.24, 2.45) is 11.7 Å². The zero-order valence-corrected chi connectivity index (χ0v) is 15.1. The lowest BCUT2D eigenvalue weighted by Crippen LogP contribution is -2.39. The Labute approximate surface area is 154 Å². The molecule has 4 rings (SSSR count). The number of likely N-dealkylation sites (N-methyl/N-ethyl adjacent to an activating group) is 1. The zero-order chi connectivity index (χ0) is 19.6. The molecule has 2 atom stereocenters. The minimum absolute atomic E-state index is 0.114. The molecule has 0 bridgehead atoms. The number of benzene rings is 1. The number of aromatic carboxylic acids is 1. The van der Waals surface area contributed by atoms with Gasteiger partial charge in [0.05, 0.1) is 16.6 Å². The van der Waals surface area contributed by atoms with E-state index in [1.165, 1.54) is 10.9 Å². The Bertz CT molecular complexity index is 1020. The van der Waals surface area contributed by atoms with Gasteiger partial charge in [-0.15, -0.1) is 0 Å². The third-order valence-corrected chi connectivity index (χ3v) is 5.68. The summed E-state index contributed by atoms with van der Waals surface area (Å²) in [5.41, 5.74) is 5.88. The fraction of sp³-hybridized carbons (Fsp3) is 0.444. The van der Waals surface area contributed by atoms with Crippen LogP contribution >= 0.6 is 0 Å². The number of hydrogen-bond acceptors (Lipinski definition) is 6. The van der Waals surface area contributed by atoms with Gasteiger partial charge in [-0.05, 0) is 12.3 Å². The van der Waals surface area contributed by atoms with E-state index in [4.69, 9.17) is 5.73 Å². The van der Waals surface area contributed by atoms with Crippen LogP contribution in [0.25, 0.3) is 10.9 Å². The molecule has 0 spiro atoms. The van der Waals surface area contributed by atoms with Crippen LogP contribution in [-0.2, 0) is 6.42 Å². The maximum absolute atomic E-state index is 15.2. The summed E-state index contributed by atoms with van der Waals surface area (Å²) >= 11 is 0. The van der Waals surface area contributed by atoms with Gasteiger partial charge in [0.15, 0.2) is 11.6 Å². The summed E-state index contributed by atoms with van der Waals surface area (Å²) in [6.07, 6.45) is 1.70. The van der Waals surface area contributed by atoms with Gasteiger partial charge in [0.25, 0.3) is 0 Å². The van der Waals surface area contributed by atoms with Gasteiger partial charge in [-0.25, -0.2) is 9.18 Å². The molecule has 27 heavy (non-hydrogen) atoms. The maximum Gasteiger partial charge on any atom is 0.341 e. The number of phenols is 1. The number of pyridine rings is 1. The van der Waals surface area contributed by atoms with E-state index < -0.39 is 28.5 Å². The summed E-state index contributed by atoms with van der Waals surface area (Å²) in [6, 6.07) is -0.114. The van der Waals surface area contributed by atoms with E-state index in [9.17, 15) is 19.8 Å². The molecule has 2 aromatic rings. The van der Waals surface area contributed by atoms with Crippen molar-refractivity contribution in [3.63, 3.8) is 0 Å². The quantitative estimate of drug-likeness (QED) is 0.698. The molecule has 0 saturated carbocycles. The van der Waals surface area contributed by atoms with Crippen LogP contribution in [-0.4, -0.2) is 53.6 Å². The molecule has 4 N–H and O–H groups in total. The Morgan fingerprint density at radius 1 is 1.37 bits per heavy atom. The molecular formula is C18H21FN4O4. The highest BCUT2D eigenvalue weighted by Gasteiger charge is 2.35. The van der Waals surface area contributed by atoms with Gasteiger partial charge < -0.3 is 25.9 Å². The van der Waals surface area contributed by atoms with Crippen LogP contribution in [0.3, 0.4) is 0 Å². The Kier molecular flexibility index (Phi) is 3.81. The average Bonchev–Trinajstić information content (AvgIpc) is 2.93. The number of anilines is 1. The summed E-state index contributed by atoms with van der Waals surface area (Å²) in [6.45, 7) is 3.49. The number of carbonyl (C=O) groups is 1. The lowest BCUT2D eigenvalue weighted by molar-refractivity contribution is 0.0695. The Morgan fingerprint density at radius 3 is 2.67 bits per heavy atom. The van der Waals surface area contributed by atoms with Crippen LogP contribution in [0.2, 0.25) is 0 Å². The van der Waals surface area contributed by atoms with Crippen molar-refractivity contribution in [1.29, 1.82) is 0 Å². The van der Waals surface area contributed by atoms with Gasteiger partial charge in [-0.2, -0.15) is 0 Å². The average molecular weight is 376 g/mol. The van der Waals surface area contributed by atoms with Crippen LogP contribution in [0.4, 0.5) is 10.1 Å². The van der Waals surface area contributed by atoms with Crippen LogP contribution in [0, 0.1) is 11.7 Å². The molecule has 0 unspecified atom stereocenters. The lowest BCUT2D eigenvalue weighted by atomic mass is 9.98. The van der Waals surface area contributed by atoms with Crippen LogP contribution in [0.1, 0.15) is 22.8 Å². The molecular weight excluding hydrogens is 355 g/mol. The molecule has 2 aliphatic heterocycles. The molecule has 8 nitrogen and oxygen atoms in total. The number of nitrogens with zero attached hydrogens (tertiary/aromatic N) is 3. The summed E-state index contributed by atoms with van der Waals surface area (Å²) in [5.74, 6) is -2.96. The van der Waals surface area contributed by atoms with Crippen molar-refractivity contribution in [3.05, 3.63) is 33.4 Å². The minimum atomic E-state index is -1.42. The maximum atomic E-state index is 15.2. The molecule has 0 amide bonds. The molecule has 1 saturated heterocycles. The van der Waals surface area contributed by atoms with Crippen molar-refractivity contribution >= 4 is 22.6 Å². The second-order valence-electron chi connectivity index (χ2n) is 7.41. The van der Waals surface area contributed by atoms with Crippen molar-refractivity contribution in [2.75, 3.05) is 36.6 Å². The summed E-state index contributed by atoms with van der Waals surface area (Å²) < 4.78 is 16.7. The minimum Gasteiger partial charge on any atom is -0.504 e. The Balaban J connectivity index is 2.10. The van der Waals surface area contributed by atoms with Crippen LogP contribution in [0.5, 0.6) is 5.75 Å². The molecule has 3 heterocycles. The second kappa shape index (κ2) is 5.85. The second-order valence-corrected chi connectivity index (χ2v) is 7.41. The molecule has 0 aliphatic carbocycles. The monoisotopic (exact) mass is 376 g/mol. The number of aromatic hydroxyl groups is 1. The topological polar surface area (TPSA) is 112 Å². The normalized spacial score (nSPS) is 21.9. The third kappa shape index (κ3) is 2.38. The predicted octanol–water partition coefficient (Wildman–Crippen LogP) is 0.452. The standard InChI is InChI=1S/C18H21FN4O4/c1-8-5-22(7-11(8)20)15-9-3-4-21(2)23-6-10(18(26)27)16(24)12(14(9)23)17(25)13(15)19/h6,8,11,25H,3-5,7,20H2,1-2H3,(H,26,27)/t8-,11+/m1/s1. The van der Waals surface area contributed by atoms with Gasteiger partial charge >= 0.3 is 5.97 Å². The predicted molar refractivity (Wildman–Crippen MR) is 98.9 cm³/mol. The summed E-state index contributed by atoms with van der Waals surface area (Å²) in [4.78, 5) is 25.9. The molecule has 1 fully saturated rings. The molecule has 1 aromatic carbocycles. The van der Waals surface area contributed by atoms with E-state index in [0.29, 0.717) is 37.1 Å². The number of phenolic OH excluding ortho intramolecular Hbond substituents is 1. The highest BCUT2D eigenvalue weighted by Crippen LogP contribution is 2.41. The molecule has 0 radical (unpaired) electrons. The first kappa shape index (κ1) is 17.6.